The number of hydrogen-bond acceptors (Lipinski definition) is 6. The summed E-state index contributed by atoms with van der Waals surface area (Å²) in [6, 6.07) is 17.9. The topological polar surface area (TPSA) is 132 Å². The molecule has 8 nitrogen and oxygen atoms in total. The van der Waals surface area contributed by atoms with Crippen LogP contribution in [0.4, 0.5) is 0 Å². The Kier molecular flexibility index (Phi) is 9.86. The summed E-state index contributed by atoms with van der Waals surface area (Å²) in [7, 11) is -1.70. The summed E-state index contributed by atoms with van der Waals surface area (Å²) in [6.45, 7) is 5.55. The first kappa shape index (κ1) is 26.6. The molecule has 0 fully saturated rings. The summed E-state index contributed by atoms with van der Waals surface area (Å²) in [5.74, 6) is -1.21. The maximum Gasteiger partial charge on any atom is 0.475 e. The fourth-order valence-electron chi connectivity index (χ4n) is 3.06. The average molecular weight is 463 g/mol. The minimum absolute atomic E-state index is 0.00944. The van der Waals surface area contributed by atoms with Gasteiger partial charge in [-0.3, -0.25) is 9.59 Å². The van der Waals surface area contributed by atoms with Crippen molar-refractivity contribution < 1.29 is 24.4 Å². The molecule has 9 heteroatoms. The van der Waals surface area contributed by atoms with E-state index in [-0.39, 0.29) is 30.9 Å². The third-order valence-corrected chi connectivity index (χ3v) is 4.63. The van der Waals surface area contributed by atoms with Crippen molar-refractivity contribution in [3.05, 3.63) is 71.3 Å². The van der Waals surface area contributed by atoms with Crippen molar-refractivity contribution in [1.82, 2.24) is 10.6 Å². The Bertz CT molecular complexity index is 1040. The number of hydrogen-bond donors (Lipinski definition) is 4. The zero-order valence-corrected chi connectivity index (χ0v) is 19.6. The predicted molar refractivity (Wildman–Crippen MR) is 130 cm³/mol. The van der Waals surface area contributed by atoms with Crippen molar-refractivity contribution in [2.24, 2.45) is 0 Å². The second kappa shape index (κ2) is 12.6. The van der Waals surface area contributed by atoms with Gasteiger partial charge in [0.25, 0.3) is 5.91 Å². The molecule has 1 atom stereocenters. The molecule has 4 N–H and O–H groups in total. The Hall–Kier alpha value is -3.61. The lowest BCUT2D eigenvalue weighted by molar-refractivity contribution is -0.122. The van der Waals surface area contributed by atoms with Crippen LogP contribution in [-0.4, -0.2) is 47.1 Å². The van der Waals surface area contributed by atoms with E-state index in [0.29, 0.717) is 11.3 Å². The molecule has 1 unspecified atom stereocenters. The number of nitriles is 1. The van der Waals surface area contributed by atoms with Gasteiger partial charge in [-0.1, -0.05) is 42.5 Å². The van der Waals surface area contributed by atoms with Crippen LogP contribution in [0.1, 0.15) is 38.3 Å². The number of carbonyl (C=O) groups excluding carboxylic acids is 2. The Morgan fingerprint density at radius 1 is 1.15 bits per heavy atom. The number of benzene rings is 2. The average Bonchev–Trinajstić information content (AvgIpc) is 2.76. The van der Waals surface area contributed by atoms with Crippen LogP contribution in [0.3, 0.4) is 0 Å². The van der Waals surface area contributed by atoms with Gasteiger partial charge in [0.15, 0.2) is 0 Å². The van der Waals surface area contributed by atoms with E-state index < -0.39 is 24.5 Å². The number of nitrogens with one attached hydrogen (secondary N) is 2. The maximum absolute atomic E-state index is 12.3. The summed E-state index contributed by atoms with van der Waals surface area (Å²) in [6.07, 6.45) is 1.76. The number of nitrogens with zero attached hydrogens (tertiary/aromatic N) is 1. The Morgan fingerprint density at radius 3 is 2.47 bits per heavy atom. The van der Waals surface area contributed by atoms with Gasteiger partial charge in [0.2, 0.25) is 5.91 Å². The molecule has 0 aromatic heterocycles. The summed E-state index contributed by atoms with van der Waals surface area (Å²) < 4.78 is 5.64. The molecule has 0 aliphatic carbocycles. The highest BCUT2D eigenvalue weighted by Crippen LogP contribution is 2.17. The Morgan fingerprint density at radius 2 is 1.85 bits per heavy atom. The first-order valence-corrected chi connectivity index (χ1v) is 10.9. The molecule has 2 amide bonds. The van der Waals surface area contributed by atoms with Gasteiger partial charge in [-0.15, -0.1) is 0 Å². The summed E-state index contributed by atoms with van der Waals surface area (Å²) in [5, 5.41) is 33.9. The van der Waals surface area contributed by atoms with Crippen LogP contribution >= 0.6 is 0 Å². The third kappa shape index (κ3) is 9.49. The van der Waals surface area contributed by atoms with Crippen LogP contribution in [0, 0.1) is 11.3 Å². The SMILES string of the molecule is CC(C)(C)NC(=O)C(C#N)=Cc1cccc(OCCC(=O)NC(Cc2ccccc2)B(O)O)c1. The van der Waals surface area contributed by atoms with Crippen molar-refractivity contribution in [2.75, 3.05) is 6.61 Å². The zero-order chi connectivity index (χ0) is 25.1. The van der Waals surface area contributed by atoms with Crippen LogP contribution < -0.4 is 15.4 Å². The van der Waals surface area contributed by atoms with Gasteiger partial charge in [0, 0.05) is 5.54 Å². The highest BCUT2D eigenvalue weighted by Gasteiger charge is 2.25. The fraction of sp³-hybridized carbons (Fsp3) is 0.320. The Labute approximate surface area is 200 Å². The minimum Gasteiger partial charge on any atom is -0.493 e. The monoisotopic (exact) mass is 463 g/mol. The van der Waals surface area contributed by atoms with Crippen LogP contribution in [-0.2, 0) is 16.0 Å². The normalized spacial score (nSPS) is 12.3. The van der Waals surface area contributed by atoms with E-state index >= 15 is 0 Å². The molecular weight excluding hydrogens is 433 g/mol. The first-order chi connectivity index (χ1) is 16.1. The van der Waals surface area contributed by atoms with E-state index in [1.54, 1.807) is 24.3 Å². The second-order valence-electron chi connectivity index (χ2n) is 8.82. The first-order valence-electron chi connectivity index (χ1n) is 10.9. The molecule has 178 valence electrons. The van der Waals surface area contributed by atoms with Crippen LogP contribution in [0.15, 0.2) is 60.2 Å². The molecule has 2 aromatic rings. The standard InChI is InChI=1S/C25H30BN3O5/c1-25(2,3)29-24(31)20(17-27)14-19-10-7-11-21(15-19)34-13-12-23(30)28-22(26(32)33)16-18-8-5-4-6-9-18/h4-11,14-15,22,32-33H,12-13,16H2,1-3H3,(H,28,30)(H,29,31). The molecule has 0 saturated carbocycles. The van der Waals surface area contributed by atoms with Crippen LogP contribution in [0.25, 0.3) is 6.08 Å². The van der Waals surface area contributed by atoms with Gasteiger partial charge in [-0.2, -0.15) is 5.26 Å². The lowest BCUT2D eigenvalue weighted by Gasteiger charge is -2.20. The van der Waals surface area contributed by atoms with Crippen molar-refractivity contribution in [3.63, 3.8) is 0 Å². The lowest BCUT2D eigenvalue weighted by Crippen LogP contribution is -2.48. The van der Waals surface area contributed by atoms with Crippen LogP contribution in [0.5, 0.6) is 5.75 Å². The summed E-state index contributed by atoms with van der Waals surface area (Å²) >= 11 is 0. The van der Waals surface area contributed by atoms with Gasteiger partial charge < -0.3 is 25.4 Å². The van der Waals surface area contributed by atoms with E-state index in [9.17, 15) is 24.9 Å². The highest BCUT2D eigenvalue weighted by atomic mass is 16.5. The van der Waals surface area contributed by atoms with Crippen LogP contribution in [0.2, 0.25) is 0 Å². The summed E-state index contributed by atoms with van der Waals surface area (Å²) in [4.78, 5) is 24.5. The molecule has 0 bridgehead atoms. The predicted octanol–water partition coefficient (Wildman–Crippen LogP) is 2.02. The third-order valence-electron chi connectivity index (χ3n) is 4.63. The number of rotatable bonds is 10. The van der Waals surface area contributed by atoms with Crippen molar-refractivity contribution >= 4 is 25.0 Å². The minimum atomic E-state index is -1.70. The van der Waals surface area contributed by atoms with E-state index in [1.807, 2.05) is 57.2 Å². The van der Waals surface area contributed by atoms with Gasteiger partial charge >= 0.3 is 7.12 Å². The smallest absolute Gasteiger partial charge is 0.475 e. The molecular formula is C25H30BN3O5. The second-order valence-corrected chi connectivity index (χ2v) is 8.82. The van der Waals surface area contributed by atoms with Crippen molar-refractivity contribution in [1.29, 1.82) is 5.26 Å². The van der Waals surface area contributed by atoms with Crippen molar-refractivity contribution in [2.45, 2.75) is 45.1 Å². The van der Waals surface area contributed by atoms with E-state index in [2.05, 4.69) is 10.6 Å². The van der Waals surface area contributed by atoms with Gasteiger partial charge in [0.05, 0.1) is 19.0 Å². The molecule has 0 spiro atoms. The molecule has 2 rings (SSSR count). The molecule has 0 heterocycles. The largest absolute Gasteiger partial charge is 0.493 e. The molecule has 0 aliphatic heterocycles. The maximum atomic E-state index is 12.3. The van der Waals surface area contributed by atoms with Gasteiger partial charge in [-0.25, -0.2) is 0 Å². The molecule has 2 aromatic carbocycles. The van der Waals surface area contributed by atoms with Crippen molar-refractivity contribution in [3.8, 4) is 11.8 Å². The van der Waals surface area contributed by atoms with E-state index in [4.69, 9.17) is 4.74 Å². The molecule has 0 aliphatic rings. The lowest BCUT2D eigenvalue weighted by atomic mass is 9.76. The zero-order valence-electron chi connectivity index (χ0n) is 19.6. The van der Waals surface area contributed by atoms with Gasteiger partial charge in [0.1, 0.15) is 17.4 Å². The number of ether oxygens (including phenoxy) is 1. The molecule has 0 saturated heterocycles. The van der Waals surface area contributed by atoms with E-state index in [0.717, 1.165) is 5.56 Å². The highest BCUT2D eigenvalue weighted by molar-refractivity contribution is 6.43. The number of carbonyl (C=O) groups is 2. The van der Waals surface area contributed by atoms with Gasteiger partial charge in [-0.05, 0) is 56.5 Å². The Balaban J connectivity index is 1.92. The van der Waals surface area contributed by atoms with E-state index in [1.165, 1.54) is 6.08 Å². The fourth-order valence-corrected chi connectivity index (χ4v) is 3.06. The number of amides is 2. The summed E-state index contributed by atoms with van der Waals surface area (Å²) in [5.41, 5.74) is 0.979. The quantitative estimate of drug-likeness (QED) is 0.242. The molecule has 0 radical (unpaired) electrons. The molecule has 34 heavy (non-hydrogen) atoms.